The van der Waals surface area contributed by atoms with Gasteiger partial charge in [0, 0.05) is 18.6 Å². The number of aromatic nitrogens is 2. The molecular formula is C30H46N8O. The van der Waals surface area contributed by atoms with Gasteiger partial charge in [-0.3, -0.25) is 4.90 Å². The van der Waals surface area contributed by atoms with Gasteiger partial charge in [-0.15, -0.1) is 0 Å². The number of benzene rings is 1. The topological polar surface area (TPSA) is 115 Å². The van der Waals surface area contributed by atoms with E-state index in [1.807, 2.05) is 0 Å². The monoisotopic (exact) mass is 534 g/mol. The fraction of sp³-hybridized carbons (Fsp3) is 0.600. The summed E-state index contributed by atoms with van der Waals surface area (Å²) in [4.78, 5) is 18.7. The molecule has 4 N–H and O–H groups in total. The average Bonchev–Trinajstić information content (AvgIpc) is 2.92. The Bertz CT molecular complexity index is 1110. The Balaban J connectivity index is 1.79. The molecule has 1 aromatic heterocycles. The first-order valence-electron chi connectivity index (χ1n) is 14.6. The maximum Gasteiger partial charge on any atom is 0.208 e. The third-order valence-electron chi connectivity index (χ3n) is 8.34. The van der Waals surface area contributed by atoms with Gasteiger partial charge >= 0.3 is 0 Å². The Labute approximate surface area is 233 Å². The Morgan fingerprint density at radius 3 is 2.44 bits per heavy atom. The summed E-state index contributed by atoms with van der Waals surface area (Å²) in [5.74, 6) is 1.66. The molecule has 0 unspecified atom stereocenters. The summed E-state index contributed by atoms with van der Waals surface area (Å²) in [7, 11) is 0. The van der Waals surface area contributed by atoms with Crippen LogP contribution in [-0.2, 0) is 6.54 Å². The highest BCUT2D eigenvalue weighted by Gasteiger charge is 2.30. The predicted molar refractivity (Wildman–Crippen MR) is 160 cm³/mol. The molecule has 1 atom stereocenters. The minimum Gasteiger partial charge on any atom is -0.409 e. The molecule has 0 amide bonds. The molecule has 9 heteroatoms. The number of nitrogens with zero attached hydrogens (tertiary/aromatic N) is 6. The number of nitrogens with one attached hydrogen (secondary N) is 1. The van der Waals surface area contributed by atoms with E-state index < -0.39 is 0 Å². The molecular weight excluding hydrogens is 488 g/mol. The zero-order valence-electron chi connectivity index (χ0n) is 23.9. The van der Waals surface area contributed by atoms with E-state index in [-0.39, 0.29) is 17.7 Å². The number of hydrogen-bond donors (Lipinski definition) is 3. The van der Waals surface area contributed by atoms with Crippen molar-refractivity contribution in [2.24, 2.45) is 21.8 Å². The number of aliphatic imine (C=N–C) groups is 1. The molecule has 4 rings (SSSR count). The van der Waals surface area contributed by atoms with Crippen LogP contribution < -0.4 is 16.0 Å². The highest BCUT2D eigenvalue weighted by molar-refractivity contribution is 5.95. The second-order valence-electron chi connectivity index (χ2n) is 11.3. The smallest absolute Gasteiger partial charge is 0.208 e. The first-order chi connectivity index (χ1) is 18.9. The van der Waals surface area contributed by atoms with Gasteiger partial charge in [-0.1, -0.05) is 67.6 Å². The van der Waals surface area contributed by atoms with Crippen molar-refractivity contribution in [1.29, 1.82) is 0 Å². The second kappa shape index (κ2) is 13.7. The lowest BCUT2D eigenvalue weighted by Crippen LogP contribution is -2.45. The van der Waals surface area contributed by atoms with Crippen LogP contribution >= 0.6 is 0 Å². The van der Waals surface area contributed by atoms with Gasteiger partial charge in [0.05, 0.1) is 6.67 Å². The lowest BCUT2D eigenvalue weighted by atomic mass is 9.80. The van der Waals surface area contributed by atoms with Crippen molar-refractivity contribution >= 4 is 29.9 Å². The Morgan fingerprint density at radius 1 is 1.13 bits per heavy atom. The number of oxime groups is 1. The molecule has 2 aromatic rings. The van der Waals surface area contributed by atoms with Crippen molar-refractivity contribution < 1.29 is 5.21 Å². The fourth-order valence-electron chi connectivity index (χ4n) is 5.81. The average molecular weight is 535 g/mol. The Hall–Kier alpha value is -3.20. The van der Waals surface area contributed by atoms with Crippen molar-refractivity contribution in [2.45, 2.75) is 97.2 Å². The lowest BCUT2D eigenvalue weighted by Gasteiger charge is -2.40. The number of rotatable bonds is 13. The third-order valence-corrected chi connectivity index (χ3v) is 8.34. The summed E-state index contributed by atoms with van der Waals surface area (Å²) in [6.45, 7) is 12.8. The van der Waals surface area contributed by atoms with Crippen LogP contribution in [0.4, 0.5) is 17.3 Å². The molecule has 1 heterocycles. The molecule has 2 aliphatic rings. The van der Waals surface area contributed by atoms with Gasteiger partial charge in [-0.25, -0.2) is 15.0 Å². The SMILES string of the molecule is C=Nc1nc(/C(N)=N/O)nc(N[C@H](C)C2CCC2)c1N(Cc1ccc(C)cc1)CN(CCC)C1CCCCC1. The van der Waals surface area contributed by atoms with Crippen molar-refractivity contribution in [1.82, 2.24) is 14.9 Å². The van der Waals surface area contributed by atoms with Gasteiger partial charge in [0.25, 0.3) is 0 Å². The zero-order chi connectivity index (χ0) is 27.8. The second-order valence-corrected chi connectivity index (χ2v) is 11.3. The summed E-state index contributed by atoms with van der Waals surface area (Å²) in [5.41, 5.74) is 9.20. The molecule has 0 aliphatic heterocycles. The van der Waals surface area contributed by atoms with Gasteiger partial charge in [-0.2, -0.15) is 0 Å². The molecule has 1 aromatic carbocycles. The highest BCUT2D eigenvalue weighted by Crippen LogP contribution is 2.38. The maximum absolute atomic E-state index is 9.38. The van der Waals surface area contributed by atoms with E-state index in [9.17, 15) is 5.21 Å². The van der Waals surface area contributed by atoms with Crippen LogP contribution in [0.25, 0.3) is 0 Å². The van der Waals surface area contributed by atoms with E-state index in [0.29, 0.717) is 30.1 Å². The first-order valence-corrected chi connectivity index (χ1v) is 14.6. The third kappa shape index (κ3) is 7.26. The van der Waals surface area contributed by atoms with Crippen LogP contribution in [0.3, 0.4) is 0 Å². The van der Waals surface area contributed by atoms with Crippen molar-refractivity contribution in [2.75, 3.05) is 23.4 Å². The molecule has 9 nitrogen and oxygen atoms in total. The largest absolute Gasteiger partial charge is 0.409 e. The number of amidine groups is 1. The Kier molecular flexibility index (Phi) is 10.1. The van der Waals surface area contributed by atoms with E-state index in [1.165, 1.54) is 62.5 Å². The van der Waals surface area contributed by atoms with Crippen LogP contribution in [0.1, 0.15) is 88.6 Å². The number of nitrogens with two attached hydrogens (primary N) is 1. The summed E-state index contributed by atoms with van der Waals surface area (Å²) in [6, 6.07) is 9.45. The molecule has 0 radical (unpaired) electrons. The normalized spacial score (nSPS) is 17.6. The quantitative estimate of drug-likeness (QED) is 0.0975. The van der Waals surface area contributed by atoms with Gasteiger partial charge in [0.15, 0.2) is 11.6 Å². The summed E-state index contributed by atoms with van der Waals surface area (Å²) in [5, 5.41) is 16.2. The van der Waals surface area contributed by atoms with Crippen molar-refractivity contribution in [3.8, 4) is 0 Å². The van der Waals surface area contributed by atoms with Crippen LogP contribution in [0.15, 0.2) is 34.4 Å². The van der Waals surface area contributed by atoms with E-state index in [4.69, 9.17) is 10.7 Å². The number of aryl methyl sites for hydroxylation is 1. The summed E-state index contributed by atoms with van der Waals surface area (Å²) >= 11 is 0. The summed E-state index contributed by atoms with van der Waals surface area (Å²) < 4.78 is 0. The van der Waals surface area contributed by atoms with E-state index in [0.717, 1.165) is 25.3 Å². The molecule has 2 saturated carbocycles. The van der Waals surface area contributed by atoms with Gasteiger partial charge in [-0.05, 0) is 70.7 Å². The van der Waals surface area contributed by atoms with E-state index in [1.54, 1.807) is 0 Å². The van der Waals surface area contributed by atoms with Crippen LogP contribution in [0.2, 0.25) is 0 Å². The minimum atomic E-state index is -0.148. The van der Waals surface area contributed by atoms with Crippen LogP contribution in [0.5, 0.6) is 0 Å². The van der Waals surface area contributed by atoms with Gasteiger partial charge in [0.1, 0.15) is 5.69 Å². The van der Waals surface area contributed by atoms with E-state index in [2.05, 4.69) is 82.0 Å². The standard InChI is InChI=1S/C30H46N8O/c1-5-18-37(25-12-7-6-8-13-25)20-38(19-23-16-14-21(2)15-17-23)26-28(32-4)34-30(27(31)36-39)35-29(26)33-22(3)24-10-9-11-24/h14-17,22,24-25,39H,4-13,18-20H2,1-3H3,(H2,31,36)(H,33,34,35)/t22-/m1/s1. The van der Waals surface area contributed by atoms with Crippen molar-refractivity contribution in [3.05, 3.63) is 41.2 Å². The highest BCUT2D eigenvalue weighted by atomic mass is 16.4. The van der Waals surface area contributed by atoms with Crippen LogP contribution in [0, 0.1) is 12.8 Å². The van der Waals surface area contributed by atoms with Gasteiger partial charge < -0.3 is 21.2 Å². The van der Waals surface area contributed by atoms with Gasteiger partial charge in [0.2, 0.25) is 11.7 Å². The van der Waals surface area contributed by atoms with Crippen LogP contribution in [-0.4, -0.2) is 57.9 Å². The first kappa shape index (κ1) is 28.8. The lowest BCUT2D eigenvalue weighted by molar-refractivity contribution is 0.155. The molecule has 0 saturated heterocycles. The molecule has 0 bridgehead atoms. The molecule has 39 heavy (non-hydrogen) atoms. The fourth-order valence-corrected chi connectivity index (χ4v) is 5.81. The molecule has 212 valence electrons. The summed E-state index contributed by atoms with van der Waals surface area (Å²) in [6.07, 6.45) is 11.1. The molecule has 0 spiro atoms. The minimum absolute atomic E-state index is 0.139. The molecule has 2 aliphatic carbocycles. The number of hydrogen-bond acceptors (Lipinski definition) is 8. The predicted octanol–water partition coefficient (Wildman–Crippen LogP) is 5.82. The van der Waals surface area contributed by atoms with Crippen molar-refractivity contribution in [3.63, 3.8) is 0 Å². The molecule has 2 fully saturated rings. The van der Waals surface area contributed by atoms with E-state index >= 15 is 0 Å². The number of anilines is 2. The maximum atomic E-state index is 9.38. The Morgan fingerprint density at radius 2 is 1.85 bits per heavy atom. The zero-order valence-corrected chi connectivity index (χ0v) is 23.9.